The third kappa shape index (κ3) is 1.74. The van der Waals surface area contributed by atoms with Crippen molar-refractivity contribution in [3.63, 3.8) is 0 Å². The summed E-state index contributed by atoms with van der Waals surface area (Å²) in [5.41, 5.74) is 0. The van der Waals surface area contributed by atoms with Crippen molar-refractivity contribution in [2.75, 3.05) is 0 Å². The van der Waals surface area contributed by atoms with Gasteiger partial charge in [-0.25, -0.2) is 0 Å². The average molecular weight is 152 g/mol. The Balaban J connectivity index is 2.98. The number of rotatable bonds is 1. The number of hydrogen-bond donors (Lipinski definition) is 0. The predicted molar refractivity (Wildman–Crippen MR) is 39.4 cm³/mol. The summed E-state index contributed by atoms with van der Waals surface area (Å²) in [5, 5.41) is 0.837. The molecule has 1 aromatic carbocycles. The molecule has 0 spiro atoms. The Hall–Kier alpha value is -0.463. The van der Waals surface area contributed by atoms with E-state index in [-0.39, 0.29) is 0 Å². The molecular formula is C6H5OPSi+. The molecule has 1 nitrogen and oxygen atoms in total. The highest BCUT2D eigenvalue weighted by Gasteiger charge is 2.08. The number of benzene rings is 1. The summed E-state index contributed by atoms with van der Waals surface area (Å²) in [4.78, 5) is 0. The molecular weight excluding hydrogens is 147 g/mol. The maximum Gasteiger partial charge on any atom is 0.477 e. The van der Waals surface area contributed by atoms with Crippen molar-refractivity contribution in [3.8, 4) is 0 Å². The smallest absolute Gasteiger partial charge is 0.0880 e. The Morgan fingerprint density at radius 2 is 1.78 bits per heavy atom. The Morgan fingerprint density at radius 1 is 1.22 bits per heavy atom. The average Bonchev–Trinajstić information content (AvgIpc) is 1.90. The zero-order valence-corrected chi connectivity index (χ0v) is 6.64. The molecule has 0 fully saturated rings. The van der Waals surface area contributed by atoms with Crippen molar-refractivity contribution in [2.24, 2.45) is 0 Å². The van der Waals surface area contributed by atoms with Crippen molar-refractivity contribution < 1.29 is 4.57 Å². The van der Waals surface area contributed by atoms with Crippen LogP contribution in [0.15, 0.2) is 30.3 Å². The molecule has 3 radical (unpaired) electrons. The second kappa shape index (κ2) is 2.90. The summed E-state index contributed by atoms with van der Waals surface area (Å²) in [6, 6.07) is 9.28. The molecule has 0 aromatic heterocycles. The van der Waals surface area contributed by atoms with Crippen LogP contribution in [0.3, 0.4) is 0 Å². The molecule has 1 rings (SSSR count). The van der Waals surface area contributed by atoms with E-state index in [1.54, 1.807) is 0 Å². The van der Waals surface area contributed by atoms with Crippen LogP contribution >= 0.6 is 7.35 Å². The van der Waals surface area contributed by atoms with Gasteiger partial charge in [0.25, 0.3) is 0 Å². The van der Waals surface area contributed by atoms with Crippen LogP contribution in [0.2, 0.25) is 0 Å². The molecule has 1 atom stereocenters. The van der Waals surface area contributed by atoms with Crippen molar-refractivity contribution in [2.45, 2.75) is 0 Å². The molecule has 0 N–H and O–H groups in total. The lowest BCUT2D eigenvalue weighted by atomic mass is 10.4. The highest BCUT2D eigenvalue weighted by molar-refractivity contribution is 7.78. The topological polar surface area (TPSA) is 17.1 Å². The Morgan fingerprint density at radius 3 is 2.11 bits per heavy atom. The summed E-state index contributed by atoms with van der Waals surface area (Å²) in [6.07, 6.45) is 0. The van der Waals surface area contributed by atoms with Gasteiger partial charge in [0, 0.05) is 0 Å². The van der Waals surface area contributed by atoms with E-state index in [0.717, 1.165) is 5.30 Å². The molecule has 0 aliphatic heterocycles. The largest absolute Gasteiger partial charge is 0.477 e. The maximum atomic E-state index is 10.7. The van der Waals surface area contributed by atoms with Crippen molar-refractivity contribution in [3.05, 3.63) is 30.3 Å². The first-order valence-electron chi connectivity index (χ1n) is 2.54. The lowest BCUT2D eigenvalue weighted by molar-refractivity contribution is 0.600. The highest BCUT2D eigenvalue weighted by atomic mass is 31.4. The summed E-state index contributed by atoms with van der Waals surface area (Å²) in [6.45, 7) is 0. The molecule has 43 valence electrons. The monoisotopic (exact) mass is 152 g/mol. The van der Waals surface area contributed by atoms with Gasteiger partial charge < -0.3 is 0 Å². The first-order valence-corrected chi connectivity index (χ1v) is 5.14. The zero-order valence-electron chi connectivity index (χ0n) is 4.74. The summed E-state index contributed by atoms with van der Waals surface area (Å²) >= 11 is 0. The van der Waals surface area contributed by atoms with E-state index < -0.39 is 7.35 Å². The van der Waals surface area contributed by atoms with Crippen LogP contribution in [0.4, 0.5) is 0 Å². The van der Waals surface area contributed by atoms with Gasteiger partial charge in [-0.15, -0.1) is 0 Å². The molecule has 0 heterocycles. The van der Waals surface area contributed by atoms with Gasteiger partial charge in [0.2, 0.25) is 0 Å². The molecule has 9 heavy (non-hydrogen) atoms. The minimum atomic E-state index is -1.34. The summed E-state index contributed by atoms with van der Waals surface area (Å²) in [5.74, 6) is 0. The molecule has 3 heteroatoms. The zero-order chi connectivity index (χ0) is 6.69. The summed E-state index contributed by atoms with van der Waals surface area (Å²) < 4.78 is 10.7. The molecule has 0 aliphatic rings. The minimum Gasteiger partial charge on any atom is -0.0880 e. The third-order valence-corrected chi connectivity index (χ3v) is 2.53. The van der Waals surface area contributed by atoms with E-state index >= 15 is 0 Å². The maximum absolute atomic E-state index is 10.7. The Bertz CT molecular complexity index is 210. The fraction of sp³-hybridized carbons (Fsp3) is 0. The van der Waals surface area contributed by atoms with E-state index in [9.17, 15) is 4.57 Å². The van der Waals surface area contributed by atoms with Gasteiger partial charge in [-0.1, -0.05) is 22.8 Å². The van der Waals surface area contributed by atoms with E-state index in [0.29, 0.717) is 0 Å². The number of hydrogen-bond acceptors (Lipinski definition) is 1. The van der Waals surface area contributed by atoms with Gasteiger partial charge in [0.05, 0.1) is 0 Å². The Labute approximate surface area is 58.2 Å². The molecule has 0 saturated heterocycles. The van der Waals surface area contributed by atoms with Gasteiger partial charge in [-0.2, -0.15) is 0 Å². The molecule has 0 bridgehead atoms. The SMILES string of the molecule is O=[P+]([Si])c1ccccc1. The second-order valence-electron chi connectivity index (χ2n) is 1.63. The fourth-order valence-electron chi connectivity index (χ4n) is 0.563. The molecule has 0 amide bonds. The van der Waals surface area contributed by atoms with Gasteiger partial charge in [-0.3, -0.25) is 0 Å². The van der Waals surface area contributed by atoms with Crippen LogP contribution in [0.5, 0.6) is 0 Å². The van der Waals surface area contributed by atoms with Gasteiger partial charge in [-0.05, 0) is 12.1 Å². The third-order valence-electron chi connectivity index (χ3n) is 0.991. The van der Waals surface area contributed by atoms with Crippen molar-refractivity contribution >= 4 is 22.6 Å². The first-order chi connectivity index (χ1) is 4.30. The Kier molecular flexibility index (Phi) is 2.14. The summed E-state index contributed by atoms with van der Waals surface area (Å²) in [7, 11) is 1.70. The van der Waals surface area contributed by atoms with Gasteiger partial charge in [0.15, 0.2) is 5.30 Å². The van der Waals surface area contributed by atoms with Crippen LogP contribution in [0.1, 0.15) is 0 Å². The minimum absolute atomic E-state index is 0.837. The molecule has 1 unspecified atom stereocenters. The lowest BCUT2D eigenvalue weighted by Gasteiger charge is -1.79. The second-order valence-corrected chi connectivity index (χ2v) is 3.95. The quantitative estimate of drug-likeness (QED) is 0.437. The van der Waals surface area contributed by atoms with E-state index in [1.807, 2.05) is 30.3 Å². The van der Waals surface area contributed by atoms with Crippen LogP contribution in [0.25, 0.3) is 0 Å². The van der Waals surface area contributed by atoms with E-state index in [2.05, 4.69) is 9.91 Å². The fourth-order valence-corrected chi connectivity index (χ4v) is 1.45. The van der Waals surface area contributed by atoms with Crippen LogP contribution in [0, 0.1) is 0 Å². The standard InChI is InChI=1S/C6H5OPSi/c7-8(9)6-4-2-1-3-5-6/h1-5H/q+1. The first kappa shape index (κ1) is 6.65. The van der Waals surface area contributed by atoms with Crippen LogP contribution in [-0.2, 0) is 4.57 Å². The molecule has 1 aromatic rings. The molecule has 0 saturated carbocycles. The highest BCUT2D eigenvalue weighted by Crippen LogP contribution is 2.09. The lowest BCUT2D eigenvalue weighted by Crippen LogP contribution is -1.91. The van der Waals surface area contributed by atoms with E-state index in [1.165, 1.54) is 0 Å². The normalized spacial score (nSPS) is 11.0. The van der Waals surface area contributed by atoms with Gasteiger partial charge >= 0.3 is 17.3 Å². The van der Waals surface area contributed by atoms with Crippen molar-refractivity contribution in [1.82, 2.24) is 0 Å². The predicted octanol–water partition coefficient (Wildman–Crippen LogP) is 1.22. The molecule has 0 aliphatic carbocycles. The van der Waals surface area contributed by atoms with Gasteiger partial charge in [0.1, 0.15) is 0 Å². The van der Waals surface area contributed by atoms with Crippen molar-refractivity contribution in [1.29, 1.82) is 0 Å². The van der Waals surface area contributed by atoms with Crippen LogP contribution < -0.4 is 5.30 Å². The van der Waals surface area contributed by atoms with Crippen LogP contribution in [-0.4, -0.2) is 9.91 Å². The van der Waals surface area contributed by atoms with E-state index in [4.69, 9.17) is 0 Å².